The van der Waals surface area contributed by atoms with Crippen LogP contribution in [0, 0.1) is 0 Å². The van der Waals surface area contributed by atoms with E-state index in [0.717, 1.165) is 33.0 Å². The average Bonchev–Trinajstić information content (AvgIpc) is 3.73. The van der Waals surface area contributed by atoms with Crippen LogP contribution in [0.4, 0.5) is 0 Å². The Balaban J connectivity index is 1.04. The van der Waals surface area contributed by atoms with Crippen molar-refractivity contribution in [3.05, 3.63) is 102 Å². The topological polar surface area (TPSA) is 336 Å². The highest BCUT2D eigenvalue weighted by molar-refractivity contribution is 7.66. The summed E-state index contributed by atoms with van der Waals surface area (Å²) in [5.74, 6) is 0. The fraction of sp³-hybridized carbons (Fsp3) is 0.500. The smallest absolute Gasteiger partial charge is 0.388 e. The van der Waals surface area contributed by atoms with Gasteiger partial charge in [-0.1, -0.05) is 30.3 Å². The molecule has 3 saturated heterocycles. The number of rotatable bonds is 16. The monoisotopic (exact) mass is 840 g/mol. The molecule has 3 aromatic rings. The lowest BCUT2D eigenvalue weighted by Gasteiger charge is -2.22. The molecule has 0 radical (unpaired) electrons. The van der Waals surface area contributed by atoms with Crippen molar-refractivity contribution in [1.82, 2.24) is 19.1 Å². The third-order valence-electron chi connectivity index (χ3n) is 8.49. The van der Waals surface area contributed by atoms with Gasteiger partial charge < -0.3 is 43.8 Å². The molecular formula is C28H35N4O20P3. The first kappa shape index (κ1) is 41.4. The molecule has 302 valence electrons. The van der Waals surface area contributed by atoms with Crippen molar-refractivity contribution in [2.45, 2.75) is 74.6 Å². The summed E-state index contributed by atoms with van der Waals surface area (Å²) in [5.41, 5.74) is -2.08. The predicted octanol–water partition coefficient (Wildman–Crippen LogP) is -1.94. The van der Waals surface area contributed by atoms with Crippen LogP contribution in [0.2, 0.25) is 0 Å². The Hall–Kier alpha value is -3.25. The van der Waals surface area contributed by atoms with E-state index in [2.05, 4.69) is 18.1 Å². The SMILES string of the molecule is O=c1ccn(C[C@@H]2O[C@H](COP(=O)(O)OP(=O)(O)OP(=O)(O)OC[C@H]3O[C@@H](Cn4ccc(=O)[nH]c4=O)[C@H]4OC(Cc5ccccc5)OC34)C(O)C2O)c(=O)[nH]1. The minimum atomic E-state index is -5.95. The molecule has 27 heteroatoms. The van der Waals surface area contributed by atoms with Gasteiger partial charge in [0.15, 0.2) is 6.29 Å². The van der Waals surface area contributed by atoms with Crippen molar-refractivity contribution in [1.29, 1.82) is 0 Å². The molecule has 0 bridgehead atoms. The van der Waals surface area contributed by atoms with Crippen LogP contribution in [-0.4, -0.2) is 112 Å². The molecule has 1 aromatic carbocycles. The second-order valence-electron chi connectivity index (χ2n) is 12.4. The zero-order valence-corrected chi connectivity index (χ0v) is 30.7. The summed E-state index contributed by atoms with van der Waals surface area (Å²) in [6, 6.07) is 11.2. The maximum absolute atomic E-state index is 12.7. The molecule has 5 heterocycles. The summed E-state index contributed by atoms with van der Waals surface area (Å²) in [7, 11) is -17.2. The summed E-state index contributed by atoms with van der Waals surface area (Å²) < 4.78 is 81.0. The average molecular weight is 841 g/mol. The van der Waals surface area contributed by atoms with E-state index in [0.29, 0.717) is 0 Å². The molecule has 3 fully saturated rings. The number of aliphatic hydroxyl groups is 2. The van der Waals surface area contributed by atoms with E-state index in [4.69, 9.17) is 23.5 Å². The van der Waals surface area contributed by atoms with Gasteiger partial charge >= 0.3 is 34.8 Å². The van der Waals surface area contributed by atoms with Gasteiger partial charge in [0.2, 0.25) is 0 Å². The van der Waals surface area contributed by atoms with Gasteiger partial charge in [-0.15, -0.1) is 0 Å². The van der Waals surface area contributed by atoms with Crippen LogP contribution in [0.5, 0.6) is 0 Å². The highest BCUT2D eigenvalue weighted by Gasteiger charge is 2.54. The third-order valence-corrected chi connectivity index (χ3v) is 12.7. The van der Waals surface area contributed by atoms with Gasteiger partial charge in [-0.25, -0.2) is 23.3 Å². The molecule has 3 aliphatic heterocycles. The molecule has 7 N–H and O–H groups in total. The van der Waals surface area contributed by atoms with Crippen LogP contribution in [0.1, 0.15) is 5.56 Å². The number of aliphatic hydroxyl groups excluding tert-OH is 2. The van der Waals surface area contributed by atoms with E-state index in [9.17, 15) is 57.8 Å². The first-order valence-corrected chi connectivity index (χ1v) is 20.7. The van der Waals surface area contributed by atoms with Gasteiger partial charge in [-0.2, -0.15) is 8.62 Å². The lowest BCUT2D eigenvalue weighted by molar-refractivity contribution is -0.136. The fourth-order valence-corrected chi connectivity index (χ4v) is 9.56. The number of phosphoric acid groups is 3. The van der Waals surface area contributed by atoms with Crippen molar-refractivity contribution in [3.8, 4) is 0 Å². The van der Waals surface area contributed by atoms with Crippen LogP contribution in [-0.2, 0) is 69.8 Å². The fourth-order valence-electron chi connectivity index (χ4n) is 6.04. The molecule has 55 heavy (non-hydrogen) atoms. The number of aromatic amines is 2. The second-order valence-corrected chi connectivity index (χ2v) is 17.0. The molecule has 24 nitrogen and oxygen atoms in total. The van der Waals surface area contributed by atoms with Gasteiger partial charge in [0.05, 0.1) is 26.3 Å². The Kier molecular flexibility index (Phi) is 12.6. The van der Waals surface area contributed by atoms with Crippen molar-refractivity contribution in [2.75, 3.05) is 13.2 Å². The van der Waals surface area contributed by atoms with Crippen molar-refractivity contribution in [3.63, 3.8) is 0 Å². The molecule has 0 saturated carbocycles. The van der Waals surface area contributed by atoms with Gasteiger partial charge in [0, 0.05) is 30.9 Å². The van der Waals surface area contributed by atoms with Gasteiger partial charge in [-0.05, 0) is 5.56 Å². The number of fused-ring (bicyclic) bond motifs is 1. The van der Waals surface area contributed by atoms with Crippen LogP contribution in [0.3, 0.4) is 0 Å². The van der Waals surface area contributed by atoms with Gasteiger partial charge in [0.1, 0.15) is 48.8 Å². The standard InChI is InChI=1S/C28H35N4O20P3/c33-20-6-8-31(27(37)29-20)11-16-23(35)24(36)18(47-16)13-45-53(39,40)51-55(43,44)52-54(41,42)46-14-19-26-25(49-22(50-26)10-15-4-2-1-3-5-15)17(48-19)12-32-9-7-21(34)30-28(32)38/h1-9,16-19,22-26,35-36H,10-14H2,(H,39,40)(H,41,42)(H,43,44)(H,29,33,37)(H,30,34,38)/t16-,17-,18+,19+,22?,23?,24?,25+,26?/m0/s1. The maximum Gasteiger partial charge on any atom is 0.490 e. The molecular weight excluding hydrogens is 805 g/mol. The molecule has 7 unspecified atom stereocenters. The number of nitrogens with one attached hydrogen (secondary N) is 2. The summed E-state index contributed by atoms with van der Waals surface area (Å²) in [6.45, 7) is -2.42. The van der Waals surface area contributed by atoms with Crippen molar-refractivity contribution >= 4 is 23.5 Å². The number of hydrogen-bond acceptors (Lipinski definition) is 17. The molecule has 0 amide bonds. The van der Waals surface area contributed by atoms with Crippen LogP contribution < -0.4 is 22.5 Å². The number of H-pyrrole nitrogens is 2. The summed E-state index contributed by atoms with van der Waals surface area (Å²) in [4.78, 5) is 81.6. The number of hydrogen-bond donors (Lipinski definition) is 7. The van der Waals surface area contributed by atoms with E-state index >= 15 is 0 Å². The normalized spacial score (nSPS) is 31.0. The summed E-state index contributed by atoms with van der Waals surface area (Å²) in [6.07, 6.45) is -8.45. The predicted molar refractivity (Wildman–Crippen MR) is 179 cm³/mol. The Morgan fingerprint density at radius 2 is 1.09 bits per heavy atom. The molecule has 3 aliphatic rings. The maximum atomic E-state index is 12.7. The number of phosphoric ester groups is 2. The largest absolute Gasteiger partial charge is 0.490 e. The quantitative estimate of drug-likeness (QED) is 0.0772. The zero-order valence-electron chi connectivity index (χ0n) is 28.0. The lowest BCUT2D eigenvalue weighted by Crippen LogP contribution is -2.38. The van der Waals surface area contributed by atoms with Crippen LogP contribution >= 0.6 is 23.5 Å². The van der Waals surface area contributed by atoms with Crippen LogP contribution in [0.15, 0.2) is 74.0 Å². The van der Waals surface area contributed by atoms with Gasteiger partial charge in [-0.3, -0.25) is 37.7 Å². The number of aromatic nitrogens is 4. The molecule has 2 aromatic heterocycles. The first-order valence-electron chi connectivity index (χ1n) is 16.2. The Morgan fingerprint density at radius 1 is 0.618 bits per heavy atom. The molecule has 0 aliphatic carbocycles. The van der Waals surface area contributed by atoms with E-state index in [-0.39, 0.29) is 19.5 Å². The Labute approximate surface area is 307 Å². The number of benzene rings is 1. The minimum Gasteiger partial charge on any atom is -0.388 e. The molecule has 0 spiro atoms. The van der Waals surface area contributed by atoms with E-state index in [1.165, 1.54) is 6.20 Å². The van der Waals surface area contributed by atoms with Crippen molar-refractivity contribution < 1.29 is 75.2 Å². The lowest BCUT2D eigenvalue weighted by atomic mass is 10.1. The van der Waals surface area contributed by atoms with Gasteiger partial charge in [0.25, 0.3) is 11.1 Å². The molecule has 12 atom stereocenters. The van der Waals surface area contributed by atoms with E-state index in [1.807, 2.05) is 23.2 Å². The zero-order chi connectivity index (χ0) is 39.7. The summed E-state index contributed by atoms with van der Waals surface area (Å²) >= 11 is 0. The Bertz CT molecular complexity index is 2210. The Morgan fingerprint density at radius 3 is 1.64 bits per heavy atom. The summed E-state index contributed by atoms with van der Waals surface area (Å²) in [5, 5.41) is 20.6. The molecule has 6 rings (SSSR count). The number of nitrogens with zero attached hydrogens (tertiary/aromatic N) is 2. The van der Waals surface area contributed by atoms with E-state index in [1.54, 1.807) is 12.1 Å². The van der Waals surface area contributed by atoms with Crippen molar-refractivity contribution in [2.24, 2.45) is 0 Å². The number of ether oxygens (including phenoxy) is 4. The minimum absolute atomic E-state index is 0.162. The van der Waals surface area contributed by atoms with Crippen LogP contribution in [0.25, 0.3) is 0 Å². The highest BCUT2D eigenvalue weighted by atomic mass is 31.3. The van der Waals surface area contributed by atoms with E-state index < -0.39 is 114 Å². The second kappa shape index (κ2) is 16.7. The third kappa shape index (κ3) is 10.6. The highest BCUT2D eigenvalue weighted by Crippen LogP contribution is 2.67. The first-order chi connectivity index (χ1) is 25.9.